The zero-order valence-corrected chi connectivity index (χ0v) is 11.5. The summed E-state index contributed by atoms with van der Waals surface area (Å²) in [4.78, 5) is 24.6. The van der Waals surface area contributed by atoms with Crippen LogP contribution in [0.4, 0.5) is 8.78 Å². The number of aryl methyl sites for hydroxylation is 1. The van der Waals surface area contributed by atoms with E-state index in [0.29, 0.717) is 0 Å². The maximum Gasteiger partial charge on any atom is 0.274 e. The van der Waals surface area contributed by atoms with Gasteiger partial charge in [-0.2, -0.15) is 5.10 Å². The Bertz CT molecular complexity index is 743. The maximum absolute atomic E-state index is 13.6. The van der Waals surface area contributed by atoms with Crippen molar-refractivity contribution in [2.75, 3.05) is 7.05 Å². The van der Waals surface area contributed by atoms with Crippen LogP contribution in [0.3, 0.4) is 0 Å². The first kappa shape index (κ1) is 14.8. The molecule has 1 aromatic heterocycles. The molecule has 0 spiro atoms. The van der Waals surface area contributed by atoms with Crippen molar-refractivity contribution in [2.45, 2.75) is 6.54 Å². The van der Waals surface area contributed by atoms with E-state index in [-0.39, 0.29) is 23.4 Å². The lowest BCUT2D eigenvalue weighted by atomic mass is 10.2. The van der Waals surface area contributed by atoms with Gasteiger partial charge in [-0.1, -0.05) is 6.07 Å². The third-order valence-corrected chi connectivity index (χ3v) is 2.95. The van der Waals surface area contributed by atoms with Crippen LogP contribution >= 0.6 is 0 Å². The summed E-state index contributed by atoms with van der Waals surface area (Å²) in [6.45, 7) is -0.0323. The van der Waals surface area contributed by atoms with Gasteiger partial charge in [0.15, 0.2) is 0 Å². The lowest BCUT2D eigenvalue weighted by molar-refractivity contribution is 0.0775. The van der Waals surface area contributed by atoms with Crippen LogP contribution in [-0.4, -0.2) is 27.6 Å². The number of hydrogen-bond acceptors (Lipinski definition) is 3. The minimum Gasteiger partial charge on any atom is -0.336 e. The average molecular weight is 293 g/mol. The second kappa shape index (κ2) is 5.82. The van der Waals surface area contributed by atoms with Gasteiger partial charge in [0.1, 0.15) is 17.3 Å². The Morgan fingerprint density at radius 3 is 2.62 bits per heavy atom. The minimum atomic E-state index is -0.719. The number of benzene rings is 1. The van der Waals surface area contributed by atoms with Gasteiger partial charge in [-0.05, 0) is 12.1 Å². The van der Waals surface area contributed by atoms with Gasteiger partial charge in [-0.15, -0.1) is 0 Å². The zero-order valence-electron chi connectivity index (χ0n) is 11.5. The molecule has 7 heteroatoms. The van der Waals surface area contributed by atoms with E-state index in [1.165, 1.54) is 37.2 Å². The van der Waals surface area contributed by atoms with Crippen LogP contribution in [0.5, 0.6) is 0 Å². The van der Waals surface area contributed by atoms with Gasteiger partial charge in [-0.25, -0.2) is 13.5 Å². The monoisotopic (exact) mass is 293 g/mol. The van der Waals surface area contributed by atoms with Crippen molar-refractivity contribution in [3.63, 3.8) is 0 Å². The molecule has 0 aliphatic rings. The molecule has 0 unspecified atom stereocenters. The first-order valence-corrected chi connectivity index (χ1v) is 6.12. The highest BCUT2D eigenvalue weighted by Gasteiger charge is 2.16. The zero-order chi connectivity index (χ0) is 15.6. The number of carbonyl (C=O) groups excluding carboxylic acids is 1. The highest BCUT2D eigenvalue weighted by Crippen LogP contribution is 2.12. The highest BCUT2D eigenvalue weighted by molar-refractivity contribution is 5.91. The normalized spacial score (nSPS) is 10.5. The Labute approximate surface area is 119 Å². The molecule has 0 atom stereocenters. The van der Waals surface area contributed by atoms with Crippen LogP contribution < -0.4 is 5.56 Å². The molecule has 21 heavy (non-hydrogen) atoms. The van der Waals surface area contributed by atoms with E-state index < -0.39 is 17.5 Å². The van der Waals surface area contributed by atoms with Gasteiger partial charge in [0.25, 0.3) is 11.5 Å². The number of carbonyl (C=O) groups is 1. The molecule has 0 radical (unpaired) electrons. The number of amides is 1. The number of hydrogen-bond donors (Lipinski definition) is 0. The minimum absolute atomic E-state index is 0.0323. The Morgan fingerprint density at radius 2 is 2.00 bits per heavy atom. The third-order valence-electron chi connectivity index (χ3n) is 2.95. The molecule has 0 bridgehead atoms. The van der Waals surface area contributed by atoms with Gasteiger partial charge >= 0.3 is 0 Å². The first-order valence-electron chi connectivity index (χ1n) is 6.12. The largest absolute Gasteiger partial charge is 0.336 e. The van der Waals surface area contributed by atoms with Crippen molar-refractivity contribution in [2.24, 2.45) is 7.05 Å². The molecule has 2 aromatic rings. The molecule has 0 fully saturated rings. The Morgan fingerprint density at radius 1 is 1.29 bits per heavy atom. The van der Waals surface area contributed by atoms with Gasteiger partial charge in [0, 0.05) is 38.3 Å². The van der Waals surface area contributed by atoms with E-state index in [4.69, 9.17) is 0 Å². The molecule has 1 amide bonds. The van der Waals surface area contributed by atoms with E-state index in [2.05, 4.69) is 5.10 Å². The summed E-state index contributed by atoms with van der Waals surface area (Å²) >= 11 is 0. The van der Waals surface area contributed by atoms with Crippen molar-refractivity contribution in [1.29, 1.82) is 0 Å². The lowest BCUT2D eigenvalue weighted by Crippen LogP contribution is -2.30. The smallest absolute Gasteiger partial charge is 0.274 e. The molecule has 5 nitrogen and oxygen atoms in total. The fourth-order valence-electron chi connectivity index (χ4n) is 1.79. The van der Waals surface area contributed by atoms with E-state index in [9.17, 15) is 18.4 Å². The van der Waals surface area contributed by atoms with Crippen LogP contribution in [-0.2, 0) is 13.6 Å². The average Bonchev–Trinajstić information content (AvgIpc) is 2.44. The molecular weight excluding hydrogens is 280 g/mol. The summed E-state index contributed by atoms with van der Waals surface area (Å²) in [7, 11) is 2.90. The molecule has 1 aromatic carbocycles. The predicted octanol–water partition coefficient (Wildman–Crippen LogP) is 1.33. The summed E-state index contributed by atoms with van der Waals surface area (Å²) in [5.41, 5.74) is -0.0713. The number of nitrogens with zero attached hydrogens (tertiary/aromatic N) is 3. The molecule has 2 rings (SSSR count). The maximum atomic E-state index is 13.6. The van der Waals surface area contributed by atoms with Crippen molar-refractivity contribution in [3.05, 3.63) is 63.6 Å². The topological polar surface area (TPSA) is 55.2 Å². The fourth-order valence-corrected chi connectivity index (χ4v) is 1.79. The molecule has 0 saturated heterocycles. The van der Waals surface area contributed by atoms with Crippen molar-refractivity contribution in [1.82, 2.24) is 14.7 Å². The van der Waals surface area contributed by atoms with Crippen LogP contribution in [0.2, 0.25) is 0 Å². The van der Waals surface area contributed by atoms with E-state index in [1.54, 1.807) is 0 Å². The Hall–Kier alpha value is -2.57. The van der Waals surface area contributed by atoms with E-state index in [0.717, 1.165) is 16.8 Å². The Kier molecular flexibility index (Phi) is 4.11. The van der Waals surface area contributed by atoms with Gasteiger partial charge < -0.3 is 4.90 Å². The van der Waals surface area contributed by atoms with Crippen molar-refractivity contribution < 1.29 is 13.6 Å². The van der Waals surface area contributed by atoms with E-state index >= 15 is 0 Å². The van der Waals surface area contributed by atoms with Crippen LogP contribution in [0.25, 0.3) is 0 Å². The van der Waals surface area contributed by atoms with E-state index in [1.807, 2.05) is 0 Å². The second-order valence-corrected chi connectivity index (χ2v) is 4.58. The highest BCUT2D eigenvalue weighted by atomic mass is 19.1. The molecule has 110 valence electrons. The summed E-state index contributed by atoms with van der Waals surface area (Å²) in [6.07, 6.45) is 0. The molecule has 0 N–H and O–H groups in total. The summed E-state index contributed by atoms with van der Waals surface area (Å²) in [6, 6.07) is 5.71. The third kappa shape index (κ3) is 3.31. The molecule has 0 aliphatic carbocycles. The van der Waals surface area contributed by atoms with Crippen LogP contribution in [0.15, 0.2) is 35.1 Å². The van der Waals surface area contributed by atoms with Crippen LogP contribution in [0.1, 0.15) is 16.1 Å². The number of rotatable bonds is 3. The van der Waals surface area contributed by atoms with Crippen molar-refractivity contribution in [3.8, 4) is 0 Å². The summed E-state index contributed by atoms with van der Waals surface area (Å²) < 4.78 is 27.4. The molecule has 1 heterocycles. The lowest BCUT2D eigenvalue weighted by Gasteiger charge is -2.17. The van der Waals surface area contributed by atoms with Crippen molar-refractivity contribution >= 4 is 5.91 Å². The quantitative estimate of drug-likeness (QED) is 0.858. The Balaban J connectivity index is 2.19. The molecular formula is C14H13F2N3O2. The standard InChI is InChI=1S/C14H13F2N3O2/c1-18(8-9-3-4-10(15)7-11(9)16)14(21)12-5-6-13(20)19(2)17-12/h3-7H,8H2,1-2H3. The SMILES string of the molecule is CN(Cc1ccc(F)cc1F)C(=O)c1ccc(=O)n(C)n1. The second-order valence-electron chi connectivity index (χ2n) is 4.58. The van der Waals surface area contributed by atoms with Gasteiger partial charge in [0.05, 0.1) is 0 Å². The first-order chi connectivity index (χ1) is 9.88. The number of halogens is 2. The summed E-state index contributed by atoms with van der Waals surface area (Å²) in [5.74, 6) is -1.86. The summed E-state index contributed by atoms with van der Waals surface area (Å²) in [5, 5.41) is 3.83. The van der Waals surface area contributed by atoms with Gasteiger partial charge in [-0.3, -0.25) is 9.59 Å². The van der Waals surface area contributed by atoms with Gasteiger partial charge in [0.2, 0.25) is 0 Å². The number of aromatic nitrogens is 2. The van der Waals surface area contributed by atoms with Crippen LogP contribution in [0, 0.1) is 11.6 Å². The molecule has 0 aliphatic heterocycles. The fraction of sp³-hybridized carbons (Fsp3) is 0.214. The predicted molar refractivity (Wildman–Crippen MR) is 71.6 cm³/mol. The molecule has 0 saturated carbocycles.